The van der Waals surface area contributed by atoms with Gasteiger partial charge in [0.15, 0.2) is 11.6 Å². The number of carbonyl (C=O) groups is 2. The molecular weight excluding hydrogens is 230 g/mol. The topological polar surface area (TPSA) is 60.2 Å². The zero-order valence-corrected chi connectivity index (χ0v) is 10.3. The standard InChI is InChI=1S/C14H13NO3/c1-9-6-12(10(2)18-9)14(17)7-13(16)11-4-3-5-15-8-11/h3-6,8H,7H2,1-2H3. The first kappa shape index (κ1) is 12.2. The molecular formula is C14H13NO3. The molecule has 0 saturated carbocycles. The summed E-state index contributed by atoms with van der Waals surface area (Å²) >= 11 is 0. The number of furan rings is 1. The highest BCUT2D eigenvalue weighted by molar-refractivity contribution is 6.13. The molecule has 0 aliphatic heterocycles. The minimum Gasteiger partial charge on any atom is -0.466 e. The minimum absolute atomic E-state index is 0.161. The zero-order valence-electron chi connectivity index (χ0n) is 10.3. The van der Waals surface area contributed by atoms with Gasteiger partial charge in [0, 0.05) is 18.0 Å². The van der Waals surface area contributed by atoms with Crippen LogP contribution in [0.4, 0.5) is 0 Å². The number of rotatable bonds is 4. The fourth-order valence-electron chi connectivity index (χ4n) is 1.78. The van der Waals surface area contributed by atoms with Crippen molar-refractivity contribution in [3.05, 3.63) is 53.2 Å². The van der Waals surface area contributed by atoms with Crippen molar-refractivity contribution in [2.75, 3.05) is 0 Å². The number of hydrogen-bond acceptors (Lipinski definition) is 4. The van der Waals surface area contributed by atoms with Crippen molar-refractivity contribution in [3.63, 3.8) is 0 Å². The number of carbonyl (C=O) groups excluding carboxylic acids is 2. The normalized spacial score (nSPS) is 10.3. The summed E-state index contributed by atoms with van der Waals surface area (Å²) in [6.07, 6.45) is 2.89. The van der Waals surface area contributed by atoms with Crippen LogP contribution in [0.15, 0.2) is 35.0 Å². The van der Waals surface area contributed by atoms with Crippen LogP contribution in [0.25, 0.3) is 0 Å². The van der Waals surface area contributed by atoms with E-state index in [1.807, 2.05) is 0 Å². The summed E-state index contributed by atoms with van der Waals surface area (Å²) in [6, 6.07) is 4.98. The van der Waals surface area contributed by atoms with Gasteiger partial charge >= 0.3 is 0 Å². The van der Waals surface area contributed by atoms with Crippen molar-refractivity contribution in [2.45, 2.75) is 20.3 Å². The largest absolute Gasteiger partial charge is 0.466 e. The van der Waals surface area contributed by atoms with Crippen molar-refractivity contribution in [1.82, 2.24) is 4.98 Å². The van der Waals surface area contributed by atoms with Crippen LogP contribution in [-0.2, 0) is 0 Å². The second-order valence-electron chi connectivity index (χ2n) is 4.09. The van der Waals surface area contributed by atoms with Gasteiger partial charge < -0.3 is 4.42 Å². The van der Waals surface area contributed by atoms with E-state index in [4.69, 9.17) is 4.42 Å². The molecule has 0 atom stereocenters. The van der Waals surface area contributed by atoms with E-state index in [1.54, 1.807) is 38.2 Å². The Morgan fingerprint density at radius 3 is 2.61 bits per heavy atom. The molecule has 0 spiro atoms. The van der Waals surface area contributed by atoms with Crippen LogP contribution >= 0.6 is 0 Å². The number of aromatic nitrogens is 1. The Labute approximate surface area is 105 Å². The molecule has 4 nitrogen and oxygen atoms in total. The van der Waals surface area contributed by atoms with E-state index in [0.29, 0.717) is 22.6 Å². The maximum atomic E-state index is 12.0. The fraction of sp³-hybridized carbons (Fsp3) is 0.214. The molecule has 0 aromatic carbocycles. The van der Waals surface area contributed by atoms with Crippen LogP contribution in [0.2, 0.25) is 0 Å². The van der Waals surface area contributed by atoms with E-state index in [9.17, 15) is 9.59 Å². The quantitative estimate of drug-likeness (QED) is 0.612. The summed E-state index contributed by atoms with van der Waals surface area (Å²) in [4.78, 5) is 27.7. The average Bonchev–Trinajstić information content (AvgIpc) is 2.69. The predicted octanol–water partition coefficient (Wildman–Crippen LogP) is 2.75. The average molecular weight is 243 g/mol. The van der Waals surface area contributed by atoms with Gasteiger partial charge in [0.05, 0.1) is 12.0 Å². The third-order valence-corrected chi connectivity index (χ3v) is 2.65. The van der Waals surface area contributed by atoms with Crippen molar-refractivity contribution in [2.24, 2.45) is 0 Å². The van der Waals surface area contributed by atoms with Gasteiger partial charge in [0.2, 0.25) is 0 Å². The van der Waals surface area contributed by atoms with E-state index < -0.39 is 0 Å². The highest BCUT2D eigenvalue weighted by atomic mass is 16.3. The maximum Gasteiger partial charge on any atom is 0.174 e. The first-order valence-corrected chi connectivity index (χ1v) is 5.61. The Bertz CT molecular complexity index is 584. The molecule has 2 rings (SSSR count). The highest BCUT2D eigenvalue weighted by Crippen LogP contribution is 2.16. The van der Waals surface area contributed by atoms with Crippen molar-refractivity contribution in [1.29, 1.82) is 0 Å². The van der Waals surface area contributed by atoms with Crippen LogP contribution in [-0.4, -0.2) is 16.6 Å². The summed E-state index contributed by atoms with van der Waals surface area (Å²) < 4.78 is 5.28. The summed E-state index contributed by atoms with van der Waals surface area (Å²) in [7, 11) is 0. The van der Waals surface area contributed by atoms with Gasteiger partial charge in [0.25, 0.3) is 0 Å². The van der Waals surface area contributed by atoms with Gasteiger partial charge in [-0.05, 0) is 32.0 Å². The van der Waals surface area contributed by atoms with Crippen molar-refractivity contribution in [3.8, 4) is 0 Å². The van der Waals surface area contributed by atoms with Crippen LogP contribution in [0.3, 0.4) is 0 Å². The SMILES string of the molecule is Cc1cc(C(=O)CC(=O)c2cccnc2)c(C)o1. The summed E-state index contributed by atoms with van der Waals surface area (Å²) in [5.74, 6) is 0.769. The van der Waals surface area contributed by atoms with E-state index in [0.717, 1.165) is 0 Å². The third kappa shape index (κ3) is 2.53. The molecule has 0 fully saturated rings. The monoisotopic (exact) mass is 243 g/mol. The lowest BCUT2D eigenvalue weighted by Gasteiger charge is -1.99. The Morgan fingerprint density at radius 2 is 2.06 bits per heavy atom. The molecule has 0 N–H and O–H groups in total. The maximum absolute atomic E-state index is 12.0. The Morgan fingerprint density at radius 1 is 1.28 bits per heavy atom. The molecule has 0 unspecified atom stereocenters. The third-order valence-electron chi connectivity index (χ3n) is 2.65. The van der Waals surface area contributed by atoms with Crippen LogP contribution < -0.4 is 0 Å². The molecule has 0 bridgehead atoms. The zero-order chi connectivity index (χ0) is 13.1. The summed E-state index contributed by atoms with van der Waals surface area (Å²) in [5, 5.41) is 0. The van der Waals surface area contributed by atoms with Crippen LogP contribution in [0.5, 0.6) is 0 Å². The van der Waals surface area contributed by atoms with Crippen molar-refractivity contribution >= 4 is 11.6 Å². The van der Waals surface area contributed by atoms with Gasteiger partial charge in [0.1, 0.15) is 11.5 Å². The summed E-state index contributed by atoms with van der Waals surface area (Å²) in [5.41, 5.74) is 0.925. The lowest BCUT2D eigenvalue weighted by atomic mass is 10.0. The lowest BCUT2D eigenvalue weighted by Crippen LogP contribution is -2.09. The molecule has 92 valence electrons. The van der Waals surface area contributed by atoms with Gasteiger partial charge in [-0.2, -0.15) is 0 Å². The number of ketones is 2. The van der Waals surface area contributed by atoms with Crippen LogP contribution in [0.1, 0.15) is 38.7 Å². The number of Topliss-reactive ketones (excluding diaryl/α,β-unsaturated/α-hetero) is 2. The molecule has 18 heavy (non-hydrogen) atoms. The van der Waals surface area contributed by atoms with E-state index in [-0.39, 0.29) is 18.0 Å². The molecule has 4 heteroatoms. The Hall–Kier alpha value is -2.23. The first-order valence-electron chi connectivity index (χ1n) is 5.61. The molecule has 0 radical (unpaired) electrons. The van der Waals surface area contributed by atoms with E-state index >= 15 is 0 Å². The van der Waals surface area contributed by atoms with Gasteiger partial charge in [-0.1, -0.05) is 0 Å². The Kier molecular flexibility index (Phi) is 3.37. The molecule has 0 amide bonds. The predicted molar refractivity (Wildman–Crippen MR) is 65.7 cm³/mol. The van der Waals surface area contributed by atoms with Crippen molar-refractivity contribution < 1.29 is 14.0 Å². The van der Waals surface area contributed by atoms with Gasteiger partial charge in [-0.3, -0.25) is 14.6 Å². The fourth-order valence-corrected chi connectivity index (χ4v) is 1.78. The second-order valence-corrected chi connectivity index (χ2v) is 4.09. The van der Waals surface area contributed by atoms with Crippen LogP contribution in [0, 0.1) is 13.8 Å². The number of nitrogens with zero attached hydrogens (tertiary/aromatic N) is 1. The number of aryl methyl sites for hydroxylation is 2. The van der Waals surface area contributed by atoms with E-state index in [2.05, 4.69) is 4.98 Å². The molecule has 0 aliphatic carbocycles. The van der Waals surface area contributed by atoms with E-state index in [1.165, 1.54) is 6.20 Å². The number of pyridine rings is 1. The molecule has 2 aromatic heterocycles. The number of hydrogen-bond donors (Lipinski definition) is 0. The van der Waals surface area contributed by atoms with Gasteiger partial charge in [-0.25, -0.2) is 0 Å². The second kappa shape index (κ2) is 4.96. The highest BCUT2D eigenvalue weighted by Gasteiger charge is 2.17. The lowest BCUT2D eigenvalue weighted by molar-refractivity contribution is 0.0893. The molecule has 2 heterocycles. The minimum atomic E-state index is -0.230. The first-order chi connectivity index (χ1) is 8.58. The molecule has 0 saturated heterocycles. The smallest absolute Gasteiger partial charge is 0.174 e. The van der Waals surface area contributed by atoms with Gasteiger partial charge in [-0.15, -0.1) is 0 Å². The Balaban J connectivity index is 2.13. The summed E-state index contributed by atoms with van der Waals surface area (Å²) in [6.45, 7) is 3.49. The molecule has 0 aliphatic rings. The molecule has 2 aromatic rings.